The van der Waals surface area contributed by atoms with Crippen molar-refractivity contribution in [1.29, 1.82) is 0 Å². The smallest absolute Gasteiger partial charge is 0.246 e. The Balaban J connectivity index is -0.00000113. The summed E-state index contributed by atoms with van der Waals surface area (Å²) in [7, 11) is 9.88. The molecule has 0 bridgehead atoms. The number of hydrogen-bond acceptors (Lipinski definition) is 18. The predicted octanol–water partition coefficient (Wildman–Crippen LogP) is 7.91. The average molecular weight is 1260 g/mol. The third-order valence-electron chi connectivity index (χ3n) is 9.26. The van der Waals surface area contributed by atoms with Gasteiger partial charge in [-0.25, -0.2) is 0 Å². The van der Waals surface area contributed by atoms with Crippen molar-refractivity contribution >= 4 is 100 Å². The van der Waals surface area contributed by atoms with Gasteiger partial charge in [0.2, 0.25) is 35.4 Å². The van der Waals surface area contributed by atoms with Gasteiger partial charge in [-0.2, -0.15) is 0 Å². The van der Waals surface area contributed by atoms with Gasteiger partial charge in [0.05, 0.1) is 59.3 Å². The molecule has 0 aromatic rings. The van der Waals surface area contributed by atoms with Crippen LogP contribution >= 0.6 is 64.8 Å². The summed E-state index contributed by atoms with van der Waals surface area (Å²) in [5.74, 6) is 20.2. The molecular weight excluding hydrogens is 1150 g/mol. The van der Waals surface area contributed by atoms with Crippen molar-refractivity contribution in [2.45, 2.75) is 133 Å². The summed E-state index contributed by atoms with van der Waals surface area (Å²) in [6.45, 7) is 39.2. The standard InChI is InChI=1S/C20H36N2O4S2.C19H34N2O4S2.C18H32N2O4S2/c1-15(2)8-7-9-21-19(23)13-25-10-11-26-14-27-28-18(16(3)4)12-22-20(24)17(5)6;1-15(2)8-7-9-20-17(22)12-24-10-11-25-14-26-27-19(5,6)13-21-18(23)16(3)4;1-14(2)7-6-8-19-17(21)12-23-9-10-24-13-25-26-16(5)11-20-18(22)15(3)4/h15-18H,9-14H2,1-6H3,(H,21,23)(H,22,24);15-16H,9-14H2,1-6H3,(H,20,22)(H,21,23);14-16H,8-13H2,1-5H3,(H,19,21)(H,20,22). The number of carbonyl (C=O) groups excluding carboxylic acids is 6. The zero-order valence-corrected chi connectivity index (χ0v) is 56.7. The van der Waals surface area contributed by atoms with Crippen molar-refractivity contribution in [1.82, 2.24) is 31.9 Å². The first kappa shape index (κ1) is 82.6. The molecule has 18 nitrogen and oxygen atoms in total. The van der Waals surface area contributed by atoms with E-state index in [4.69, 9.17) is 28.4 Å². The fraction of sp³-hybridized carbons (Fsp3) is 0.789. The maximum absolute atomic E-state index is 11.7. The molecule has 0 heterocycles. The van der Waals surface area contributed by atoms with Gasteiger partial charge in [-0.1, -0.05) is 204 Å². The summed E-state index contributed by atoms with van der Waals surface area (Å²) in [5.41, 5.74) is 0. The van der Waals surface area contributed by atoms with E-state index in [1.54, 1.807) is 64.8 Å². The van der Waals surface area contributed by atoms with Crippen LogP contribution in [-0.4, -0.2) is 167 Å². The van der Waals surface area contributed by atoms with Gasteiger partial charge in [0.15, 0.2) is 0 Å². The van der Waals surface area contributed by atoms with Crippen LogP contribution in [0.3, 0.4) is 0 Å². The highest BCUT2D eigenvalue weighted by molar-refractivity contribution is 8.77. The molecule has 81 heavy (non-hydrogen) atoms. The molecule has 2 atom stereocenters. The highest BCUT2D eigenvalue weighted by Gasteiger charge is 2.21. The Labute approximate surface area is 512 Å². The molecule has 0 aliphatic heterocycles. The molecule has 6 amide bonds. The minimum Gasteiger partial charge on any atom is -0.369 e. The lowest BCUT2D eigenvalue weighted by molar-refractivity contribution is -0.126. The van der Waals surface area contributed by atoms with Crippen molar-refractivity contribution in [2.24, 2.45) is 41.4 Å². The van der Waals surface area contributed by atoms with E-state index in [0.29, 0.717) is 131 Å². The molecule has 0 aromatic carbocycles. The van der Waals surface area contributed by atoms with Crippen LogP contribution in [0, 0.1) is 76.9 Å². The first-order valence-corrected chi connectivity index (χ1v) is 34.7. The van der Waals surface area contributed by atoms with E-state index in [-0.39, 0.29) is 77.8 Å². The van der Waals surface area contributed by atoms with Crippen molar-refractivity contribution in [3.8, 4) is 35.5 Å². The first-order valence-electron chi connectivity index (χ1n) is 27.6. The third-order valence-corrected chi connectivity index (χ3v) is 17.6. The van der Waals surface area contributed by atoms with Gasteiger partial charge in [0.1, 0.15) is 37.6 Å². The molecule has 0 aliphatic rings. The lowest BCUT2D eigenvalue weighted by atomic mass is 10.1. The van der Waals surface area contributed by atoms with Crippen molar-refractivity contribution in [3.05, 3.63) is 0 Å². The molecule has 24 heteroatoms. The lowest BCUT2D eigenvalue weighted by Crippen LogP contribution is -2.37. The molecule has 0 radical (unpaired) electrons. The molecule has 0 spiro atoms. The summed E-state index contributed by atoms with van der Waals surface area (Å²) in [6.07, 6.45) is 0. The number of ether oxygens (including phenoxy) is 6. The van der Waals surface area contributed by atoms with E-state index in [1.165, 1.54) is 0 Å². The second kappa shape index (κ2) is 55.2. The summed E-state index contributed by atoms with van der Waals surface area (Å²) >= 11 is 0. The Hall–Kier alpha value is -2.64. The highest BCUT2D eigenvalue weighted by atomic mass is 33.1. The monoisotopic (exact) mass is 1250 g/mol. The molecule has 468 valence electrons. The summed E-state index contributed by atoms with van der Waals surface area (Å²) < 4.78 is 32.1. The molecule has 0 rings (SSSR count). The normalized spacial score (nSPS) is 11.7. The Bertz CT molecular complexity index is 1880. The molecule has 0 aliphatic carbocycles. The van der Waals surface area contributed by atoms with Crippen LogP contribution in [0.25, 0.3) is 0 Å². The minimum absolute atomic E-state index is 0.00293. The number of carbonyl (C=O) groups is 6. The van der Waals surface area contributed by atoms with E-state index >= 15 is 0 Å². The quantitative estimate of drug-likeness (QED) is 0.0148. The topological polar surface area (TPSA) is 230 Å². The molecule has 0 aromatic heterocycles. The van der Waals surface area contributed by atoms with Crippen molar-refractivity contribution < 1.29 is 57.2 Å². The second-order valence-corrected chi connectivity index (χ2v) is 28.9. The summed E-state index contributed by atoms with van der Waals surface area (Å²) in [5, 5.41) is 17.5. The average Bonchev–Trinajstić information content (AvgIpc) is 3.39. The Kier molecular flexibility index (Phi) is 56.3. The molecule has 6 N–H and O–H groups in total. The fourth-order valence-corrected chi connectivity index (χ4v) is 11.3. The molecule has 0 fully saturated rings. The van der Waals surface area contributed by atoms with Crippen LogP contribution in [0.5, 0.6) is 0 Å². The van der Waals surface area contributed by atoms with Gasteiger partial charge in [-0.3, -0.25) is 28.8 Å². The zero-order valence-electron chi connectivity index (χ0n) is 51.8. The molecule has 0 saturated carbocycles. The van der Waals surface area contributed by atoms with E-state index in [0.717, 1.165) is 0 Å². The van der Waals surface area contributed by atoms with Crippen LogP contribution in [0.4, 0.5) is 0 Å². The Morgan fingerprint density at radius 1 is 0.420 bits per heavy atom. The number of hydrogen-bond donors (Lipinski definition) is 6. The minimum atomic E-state index is -0.178. The molecular formula is C57H102N6O12S6. The van der Waals surface area contributed by atoms with Crippen LogP contribution < -0.4 is 31.9 Å². The Morgan fingerprint density at radius 3 is 1.11 bits per heavy atom. The van der Waals surface area contributed by atoms with Gasteiger partial charge >= 0.3 is 0 Å². The van der Waals surface area contributed by atoms with Crippen molar-refractivity contribution in [2.75, 3.05) is 117 Å². The van der Waals surface area contributed by atoms with Crippen LogP contribution in [0.1, 0.15) is 118 Å². The largest absolute Gasteiger partial charge is 0.369 e. The van der Waals surface area contributed by atoms with E-state index in [2.05, 4.69) is 102 Å². The van der Waals surface area contributed by atoms with Crippen LogP contribution in [-0.2, 0) is 57.2 Å². The van der Waals surface area contributed by atoms with E-state index in [9.17, 15) is 28.8 Å². The van der Waals surface area contributed by atoms with E-state index in [1.807, 2.05) is 83.1 Å². The lowest BCUT2D eigenvalue weighted by Gasteiger charge is -2.24. The van der Waals surface area contributed by atoms with Crippen molar-refractivity contribution in [3.63, 3.8) is 0 Å². The maximum atomic E-state index is 11.7. The third kappa shape index (κ3) is 61.7. The molecule has 2 unspecified atom stereocenters. The van der Waals surface area contributed by atoms with Gasteiger partial charge in [0, 0.05) is 70.4 Å². The molecule has 0 saturated heterocycles. The van der Waals surface area contributed by atoms with Crippen LogP contribution in [0.2, 0.25) is 0 Å². The highest BCUT2D eigenvalue weighted by Crippen LogP contribution is 2.35. The number of nitrogens with one attached hydrogen (secondary N) is 6. The van der Waals surface area contributed by atoms with Gasteiger partial charge in [0.25, 0.3) is 0 Å². The number of amides is 6. The summed E-state index contributed by atoms with van der Waals surface area (Å²) in [4.78, 5) is 69.3. The van der Waals surface area contributed by atoms with E-state index < -0.39 is 0 Å². The second-order valence-electron chi connectivity index (χ2n) is 20.6. The van der Waals surface area contributed by atoms with Gasteiger partial charge in [-0.05, 0) is 19.8 Å². The van der Waals surface area contributed by atoms with Gasteiger partial charge < -0.3 is 60.3 Å². The predicted molar refractivity (Wildman–Crippen MR) is 343 cm³/mol. The zero-order chi connectivity index (χ0) is 61.9. The first-order chi connectivity index (χ1) is 38.2. The number of rotatable bonds is 40. The summed E-state index contributed by atoms with van der Waals surface area (Å²) in [6, 6.07) is 0. The Morgan fingerprint density at radius 2 is 0.753 bits per heavy atom. The van der Waals surface area contributed by atoms with Gasteiger partial charge in [-0.15, -0.1) is 0 Å². The fourth-order valence-electron chi connectivity index (χ4n) is 4.72. The maximum Gasteiger partial charge on any atom is 0.246 e. The van der Waals surface area contributed by atoms with Crippen LogP contribution in [0.15, 0.2) is 0 Å². The SMILES string of the molecule is CC(C)C#CCNC(=O)COCCOCSSC(C)(C)CNC(=O)C(C)C.CC(C)C#CCNC(=O)COCCOCSSC(C)CNC(=O)C(C)C.CC(C)C#CCNC(=O)COCCOCSSC(CNC(=O)C(C)C)C(C)C.